The van der Waals surface area contributed by atoms with Crippen LogP contribution in [0.15, 0.2) is 0 Å². The molecule has 0 saturated heterocycles. The minimum atomic E-state index is -2.42. The molecule has 0 aromatic carbocycles. The summed E-state index contributed by atoms with van der Waals surface area (Å²) in [5.74, 6) is 0.647. The Hall–Kier alpha value is -1.14. The number of rotatable bonds is 9. The van der Waals surface area contributed by atoms with Gasteiger partial charge in [0.25, 0.3) is 6.43 Å². The van der Waals surface area contributed by atoms with Crippen LogP contribution in [0.1, 0.15) is 36.1 Å². The molecule has 1 heterocycles. The lowest BCUT2D eigenvalue weighted by atomic mass is 10.1. The van der Waals surface area contributed by atoms with Crippen molar-refractivity contribution in [1.29, 1.82) is 0 Å². The zero-order valence-corrected chi connectivity index (χ0v) is 12.4. The van der Waals surface area contributed by atoms with E-state index in [1.807, 2.05) is 13.8 Å². The third kappa shape index (κ3) is 5.88. The predicted molar refractivity (Wildman–Crippen MR) is 74.0 cm³/mol. The maximum Gasteiger partial charge on any atom is 0.261 e. The minimum Gasteiger partial charge on any atom is -0.375 e. The Balaban J connectivity index is 2.54. The smallest absolute Gasteiger partial charge is 0.261 e. The van der Waals surface area contributed by atoms with Gasteiger partial charge in [0.2, 0.25) is 0 Å². The molecule has 0 saturated carbocycles. The van der Waals surface area contributed by atoms with Crippen LogP contribution < -0.4 is 5.32 Å². The average molecular weight is 287 g/mol. The second kappa shape index (κ2) is 8.92. The van der Waals surface area contributed by atoms with Crippen LogP contribution in [0.25, 0.3) is 0 Å². The van der Waals surface area contributed by atoms with E-state index in [9.17, 15) is 8.78 Å². The molecule has 1 aromatic rings. The van der Waals surface area contributed by atoms with Crippen molar-refractivity contribution in [3.8, 4) is 0 Å². The Morgan fingerprint density at radius 1 is 1.20 bits per heavy atom. The molecule has 0 unspecified atom stereocenters. The predicted octanol–water partition coefficient (Wildman–Crippen LogP) is 2.42. The molecule has 0 aliphatic heterocycles. The van der Waals surface area contributed by atoms with Gasteiger partial charge in [-0.3, -0.25) is 0 Å². The molecule has 0 atom stereocenters. The van der Waals surface area contributed by atoms with E-state index in [1.165, 1.54) is 0 Å². The third-order valence-electron chi connectivity index (χ3n) is 2.91. The monoisotopic (exact) mass is 287 g/mol. The second-order valence-corrected chi connectivity index (χ2v) is 4.68. The third-order valence-corrected chi connectivity index (χ3v) is 2.91. The minimum absolute atomic E-state index is 0.219. The molecule has 0 aliphatic carbocycles. The molecule has 114 valence electrons. The van der Waals surface area contributed by atoms with Gasteiger partial charge in [-0.15, -0.1) is 0 Å². The van der Waals surface area contributed by atoms with Gasteiger partial charge in [0.05, 0.1) is 6.61 Å². The maximum absolute atomic E-state index is 11.9. The molecule has 20 heavy (non-hydrogen) atoms. The fourth-order valence-corrected chi connectivity index (χ4v) is 1.90. The molecule has 1 aromatic heterocycles. The number of aryl methyl sites for hydroxylation is 2. The van der Waals surface area contributed by atoms with Crippen molar-refractivity contribution in [2.24, 2.45) is 0 Å². The van der Waals surface area contributed by atoms with E-state index < -0.39 is 13.0 Å². The van der Waals surface area contributed by atoms with Crippen molar-refractivity contribution in [3.05, 3.63) is 22.8 Å². The molecular weight excluding hydrogens is 264 g/mol. The van der Waals surface area contributed by atoms with E-state index in [4.69, 9.17) is 4.74 Å². The van der Waals surface area contributed by atoms with Crippen LogP contribution in [0.2, 0.25) is 0 Å². The molecule has 4 nitrogen and oxygen atoms in total. The van der Waals surface area contributed by atoms with Crippen molar-refractivity contribution < 1.29 is 13.5 Å². The average Bonchev–Trinajstić information content (AvgIpc) is 2.38. The van der Waals surface area contributed by atoms with Gasteiger partial charge >= 0.3 is 0 Å². The zero-order chi connectivity index (χ0) is 15.0. The SMILES string of the molecule is CCCNCc1c(C)nc(CCOCC(F)F)nc1C. The first kappa shape index (κ1) is 16.9. The van der Waals surface area contributed by atoms with Crippen molar-refractivity contribution in [2.45, 2.75) is 46.6 Å². The molecular formula is C14H23F2N3O. The molecule has 0 spiro atoms. The normalized spacial score (nSPS) is 11.3. The van der Waals surface area contributed by atoms with E-state index in [-0.39, 0.29) is 6.61 Å². The molecule has 0 bridgehead atoms. The highest BCUT2D eigenvalue weighted by Crippen LogP contribution is 2.10. The lowest BCUT2D eigenvalue weighted by Crippen LogP contribution is -2.18. The Kier molecular flexibility index (Phi) is 7.54. The number of alkyl halides is 2. The van der Waals surface area contributed by atoms with E-state index in [2.05, 4.69) is 22.2 Å². The molecule has 0 amide bonds. The van der Waals surface area contributed by atoms with Crippen LogP contribution >= 0.6 is 0 Å². The van der Waals surface area contributed by atoms with Crippen LogP contribution in [0, 0.1) is 13.8 Å². The first-order valence-corrected chi connectivity index (χ1v) is 6.94. The molecule has 1 N–H and O–H groups in total. The Labute approximate surface area is 119 Å². The van der Waals surface area contributed by atoms with Crippen LogP contribution in [0.5, 0.6) is 0 Å². The van der Waals surface area contributed by atoms with Gasteiger partial charge < -0.3 is 10.1 Å². The standard InChI is InChI=1S/C14H23F2N3O/c1-4-6-17-8-12-10(2)18-14(19-11(12)3)5-7-20-9-13(15)16/h13,17H,4-9H2,1-3H3. The van der Waals surface area contributed by atoms with Crippen LogP contribution in [0.3, 0.4) is 0 Å². The highest BCUT2D eigenvalue weighted by Gasteiger charge is 2.09. The number of halogens is 2. The number of aromatic nitrogens is 2. The van der Waals surface area contributed by atoms with Crippen molar-refractivity contribution in [1.82, 2.24) is 15.3 Å². The molecule has 0 aliphatic rings. The van der Waals surface area contributed by atoms with Crippen LogP contribution in [-0.4, -0.2) is 36.2 Å². The quantitative estimate of drug-likeness (QED) is 0.709. The van der Waals surface area contributed by atoms with Gasteiger partial charge in [0, 0.05) is 29.9 Å². The topological polar surface area (TPSA) is 47.0 Å². The number of ether oxygens (including phenoxy) is 1. The summed E-state index contributed by atoms with van der Waals surface area (Å²) in [6, 6.07) is 0. The van der Waals surface area contributed by atoms with Gasteiger partial charge in [0.15, 0.2) is 0 Å². The van der Waals surface area contributed by atoms with Crippen molar-refractivity contribution in [2.75, 3.05) is 19.8 Å². The summed E-state index contributed by atoms with van der Waals surface area (Å²) in [5.41, 5.74) is 2.98. The molecule has 6 heteroatoms. The summed E-state index contributed by atoms with van der Waals surface area (Å²) in [4.78, 5) is 8.82. The van der Waals surface area contributed by atoms with Crippen molar-refractivity contribution >= 4 is 0 Å². The summed E-state index contributed by atoms with van der Waals surface area (Å²) in [5, 5.41) is 3.33. The maximum atomic E-state index is 11.9. The zero-order valence-electron chi connectivity index (χ0n) is 12.4. The Bertz CT molecular complexity index is 390. The number of hydrogen-bond donors (Lipinski definition) is 1. The lowest BCUT2D eigenvalue weighted by Gasteiger charge is -2.11. The van der Waals surface area contributed by atoms with Gasteiger partial charge in [-0.1, -0.05) is 6.92 Å². The number of nitrogens with zero attached hydrogens (tertiary/aromatic N) is 2. The highest BCUT2D eigenvalue weighted by molar-refractivity contribution is 5.24. The van der Waals surface area contributed by atoms with Gasteiger partial charge in [-0.25, -0.2) is 18.7 Å². The van der Waals surface area contributed by atoms with E-state index >= 15 is 0 Å². The van der Waals surface area contributed by atoms with E-state index in [0.717, 1.165) is 36.5 Å². The van der Waals surface area contributed by atoms with E-state index in [0.29, 0.717) is 12.2 Å². The lowest BCUT2D eigenvalue weighted by molar-refractivity contribution is 0.0182. The Morgan fingerprint density at radius 2 is 1.85 bits per heavy atom. The number of nitrogens with one attached hydrogen (secondary N) is 1. The molecule has 0 fully saturated rings. The summed E-state index contributed by atoms with van der Waals surface area (Å²) < 4.78 is 28.7. The Morgan fingerprint density at radius 3 is 2.40 bits per heavy atom. The summed E-state index contributed by atoms with van der Waals surface area (Å²) in [6.07, 6.45) is -0.887. The van der Waals surface area contributed by atoms with Crippen molar-refractivity contribution in [3.63, 3.8) is 0 Å². The first-order valence-electron chi connectivity index (χ1n) is 6.94. The number of hydrogen-bond acceptors (Lipinski definition) is 4. The summed E-state index contributed by atoms with van der Waals surface area (Å²) >= 11 is 0. The van der Waals surface area contributed by atoms with Gasteiger partial charge in [-0.2, -0.15) is 0 Å². The van der Waals surface area contributed by atoms with E-state index in [1.54, 1.807) is 0 Å². The molecule has 0 radical (unpaired) electrons. The fraction of sp³-hybridized carbons (Fsp3) is 0.714. The summed E-state index contributed by atoms with van der Waals surface area (Å²) in [6.45, 7) is 7.41. The largest absolute Gasteiger partial charge is 0.375 e. The second-order valence-electron chi connectivity index (χ2n) is 4.68. The van der Waals surface area contributed by atoms with Crippen LogP contribution in [0.4, 0.5) is 8.78 Å². The first-order chi connectivity index (χ1) is 9.54. The highest BCUT2D eigenvalue weighted by atomic mass is 19.3. The molecule has 1 rings (SSSR count). The van der Waals surface area contributed by atoms with Crippen LogP contribution in [-0.2, 0) is 17.7 Å². The van der Waals surface area contributed by atoms with Gasteiger partial charge in [-0.05, 0) is 26.8 Å². The fourth-order valence-electron chi connectivity index (χ4n) is 1.90. The van der Waals surface area contributed by atoms with Gasteiger partial charge in [0.1, 0.15) is 12.4 Å². The summed E-state index contributed by atoms with van der Waals surface area (Å²) in [7, 11) is 0.